The lowest BCUT2D eigenvalue weighted by molar-refractivity contribution is -0.143. The van der Waals surface area contributed by atoms with Gasteiger partial charge in [-0.2, -0.15) is 0 Å². The number of carbonyl (C=O) groups is 2. The molecule has 0 unspecified atom stereocenters. The van der Waals surface area contributed by atoms with Crippen molar-refractivity contribution in [3.05, 3.63) is 99.5 Å². The quantitative estimate of drug-likeness (QED) is 0.291. The highest BCUT2D eigenvalue weighted by Gasteiger charge is 2.32. The zero-order chi connectivity index (χ0) is 28.8. The molecule has 3 aromatic carbocycles. The molecule has 0 aliphatic rings. The van der Waals surface area contributed by atoms with Crippen molar-refractivity contribution < 1.29 is 14.3 Å². The van der Waals surface area contributed by atoms with Gasteiger partial charge in [-0.15, -0.1) is 0 Å². The van der Waals surface area contributed by atoms with Gasteiger partial charge in [-0.25, -0.2) is 0 Å². The number of aryl methyl sites for hydroxylation is 1. The van der Waals surface area contributed by atoms with E-state index in [1.807, 2.05) is 100 Å². The predicted molar refractivity (Wildman–Crippen MR) is 162 cm³/mol. The molecule has 1 N–H and O–H groups in total. The molecule has 3 aromatic rings. The first kappa shape index (κ1) is 30.4. The van der Waals surface area contributed by atoms with Crippen LogP contribution >= 0.6 is 15.9 Å². The van der Waals surface area contributed by atoms with Gasteiger partial charge in [0.25, 0.3) is 5.91 Å². The Hall–Kier alpha value is -3.12. The van der Waals surface area contributed by atoms with E-state index >= 15 is 0 Å². The van der Waals surface area contributed by atoms with Crippen LogP contribution < -0.4 is 10.1 Å². The van der Waals surface area contributed by atoms with Crippen LogP contribution in [0, 0.1) is 6.92 Å². The number of halogens is 1. The molecule has 0 heterocycles. The highest BCUT2D eigenvalue weighted by atomic mass is 79.9. The molecule has 0 fully saturated rings. The molecule has 3 rings (SSSR count). The van der Waals surface area contributed by atoms with Crippen LogP contribution in [0.1, 0.15) is 63.8 Å². The Labute approximate surface area is 242 Å². The minimum absolute atomic E-state index is 0.00716. The maximum Gasteiger partial charge on any atom is 0.261 e. The third-order valence-corrected chi connectivity index (χ3v) is 7.01. The van der Waals surface area contributed by atoms with E-state index in [-0.39, 0.29) is 23.8 Å². The summed E-state index contributed by atoms with van der Waals surface area (Å²) in [6.45, 7) is 14.4. The fraction of sp³-hybridized carbons (Fsp3) is 0.394. The second-order valence-corrected chi connectivity index (χ2v) is 13.0. The van der Waals surface area contributed by atoms with Crippen molar-refractivity contribution in [2.24, 2.45) is 0 Å². The molecule has 0 radical (unpaired) electrons. The molecule has 0 aliphatic heterocycles. The first-order valence-electron chi connectivity index (χ1n) is 13.4. The van der Waals surface area contributed by atoms with Gasteiger partial charge in [0, 0.05) is 18.5 Å². The summed E-state index contributed by atoms with van der Waals surface area (Å²) in [7, 11) is 0. The van der Waals surface area contributed by atoms with Gasteiger partial charge in [0.15, 0.2) is 6.61 Å². The first-order valence-corrected chi connectivity index (χ1v) is 14.2. The Morgan fingerprint density at radius 1 is 0.897 bits per heavy atom. The van der Waals surface area contributed by atoms with Crippen molar-refractivity contribution in [1.29, 1.82) is 0 Å². The van der Waals surface area contributed by atoms with Crippen LogP contribution in [0.3, 0.4) is 0 Å². The van der Waals surface area contributed by atoms with E-state index in [4.69, 9.17) is 4.74 Å². The SMILES string of the molecule is Cc1ccc(CN(C(=O)COc2ccc(C(C)(C)C)cc2Br)[C@@H](Cc2ccccc2)C(=O)NC(C)(C)C)cc1. The van der Waals surface area contributed by atoms with Crippen molar-refractivity contribution in [3.8, 4) is 5.75 Å². The van der Waals surface area contributed by atoms with Crippen LogP contribution in [0.5, 0.6) is 5.75 Å². The van der Waals surface area contributed by atoms with E-state index in [0.717, 1.165) is 26.7 Å². The average molecular weight is 594 g/mol. The van der Waals surface area contributed by atoms with Gasteiger partial charge in [-0.3, -0.25) is 9.59 Å². The standard InChI is InChI=1S/C33H41BrN2O3/c1-23-13-15-25(16-14-23)21-36(28(31(38)35-33(5,6)7)19-24-11-9-8-10-12-24)30(37)22-39-29-18-17-26(20-27(29)34)32(2,3)4/h8-18,20,28H,19,21-22H2,1-7H3,(H,35,38)/t28-/m0/s1. The van der Waals surface area contributed by atoms with Gasteiger partial charge < -0.3 is 15.0 Å². The number of carbonyl (C=O) groups excluding carboxylic acids is 2. The molecule has 6 heteroatoms. The van der Waals surface area contributed by atoms with Crippen LogP contribution in [0.2, 0.25) is 0 Å². The van der Waals surface area contributed by atoms with Crippen LogP contribution in [0.25, 0.3) is 0 Å². The molecular formula is C33H41BrN2O3. The zero-order valence-electron chi connectivity index (χ0n) is 24.2. The number of nitrogens with zero attached hydrogens (tertiary/aromatic N) is 1. The highest BCUT2D eigenvalue weighted by Crippen LogP contribution is 2.31. The van der Waals surface area contributed by atoms with Gasteiger partial charge in [0.05, 0.1) is 4.47 Å². The van der Waals surface area contributed by atoms with Crippen molar-refractivity contribution in [2.75, 3.05) is 6.61 Å². The third-order valence-electron chi connectivity index (χ3n) is 6.39. The molecule has 39 heavy (non-hydrogen) atoms. The van der Waals surface area contributed by atoms with E-state index in [1.165, 1.54) is 0 Å². The minimum Gasteiger partial charge on any atom is -0.483 e. The van der Waals surface area contributed by atoms with E-state index in [1.54, 1.807) is 4.90 Å². The molecule has 1 atom stereocenters. The molecule has 5 nitrogen and oxygen atoms in total. The van der Waals surface area contributed by atoms with Crippen LogP contribution in [-0.4, -0.2) is 34.9 Å². The smallest absolute Gasteiger partial charge is 0.261 e. The van der Waals surface area contributed by atoms with Gasteiger partial charge >= 0.3 is 0 Å². The summed E-state index contributed by atoms with van der Waals surface area (Å²) in [6.07, 6.45) is 0.393. The maximum atomic E-state index is 13.8. The maximum absolute atomic E-state index is 13.8. The zero-order valence-corrected chi connectivity index (χ0v) is 25.8. The predicted octanol–water partition coefficient (Wildman–Crippen LogP) is 6.99. The Morgan fingerprint density at radius 3 is 2.10 bits per heavy atom. The lowest BCUT2D eigenvalue weighted by atomic mass is 9.87. The third kappa shape index (κ3) is 9.24. The molecule has 2 amide bonds. The summed E-state index contributed by atoms with van der Waals surface area (Å²) in [6, 6.07) is 23.1. The first-order chi connectivity index (χ1) is 18.2. The van der Waals surface area contributed by atoms with Gasteiger partial charge in [-0.05, 0) is 77.9 Å². The fourth-order valence-electron chi connectivity index (χ4n) is 4.20. The molecule has 0 bridgehead atoms. The lowest BCUT2D eigenvalue weighted by Gasteiger charge is -2.34. The normalized spacial score (nSPS) is 12.5. The summed E-state index contributed by atoms with van der Waals surface area (Å²) in [5.74, 6) is 0.139. The van der Waals surface area contributed by atoms with Crippen molar-refractivity contribution in [1.82, 2.24) is 10.2 Å². The second kappa shape index (κ2) is 12.8. The average Bonchev–Trinajstić information content (AvgIpc) is 2.85. The molecule has 0 aromatic heterocycles. The number of nitrogens with one attached hydrogen (secondary N) is 1. The number of hydrogen-bond acceptors (Lipinski definition) is 3. The Morgan fingerprint density at radius 2 is 1.54 bits per heavy atom. The van der Waals surface area contributed by atoms with E-state index in [9.17, 15) is 9.59 Å². The summed E-state index contributed by atoms with van der Waals surface area (Å²) < 4.78 is 6.81. The van der Waals surface area contributed by atoms with Crippen molar-refractivity contribution in [3.63, 3.8) is 0 Å². The van der Waals surface area contributed by atoms with Crippen LogP contribution in [-0.2, 0) is 28.0 Å². The summed E-state index contributed by atoms with van der Waals surface area (Å²) in [5.41, 5.74) is 3.78. The monoisotopic (exact) mass is 592 g/mol. The molecule has 0 saturated carbocycles. The van der Waals surface area contributed by atoms with Crippen molar-refractivity contribution in [2.45, 2.75) is 78.4 Å². The summed E-state index contributed by atoms with van der Waals surface area (Å²) in [4.78, 5) is 29.1. The fourth-order valence-corrected chi connectivity index (χ4v) is 4.70. The van der Waals surface area contributed by atoms with E-state index in [2.05, 4.69) is 42.0 Å². The Kier molecular flexibility index (Phi) is 10.0. The number of benzene rings is 3. The minimum atomic E-state index is -0.712. The topological polar surface area (TPSA) is 58.6 Å². The van der Waals surface area contributed by atoms with E-state index in [0.29, 0.717) is 18.7 Å². The summed E-state index contributed by atoms with van der Waals surface area (Å²) in [5, 5.41) is 3.09. The number of amides is 2. The van der Waals surface area contributed by atoms with Gasteiger partial charge in [-0.1, -0.05) is 87.0 Å². The highest BCUT2D eigenvalue weighted by molar-refractivity contribution is 9.10. The Balaban J connectivity index is 1.92. The molecular weight excluding hydrogens is 552 g/mol. The van der Waals surface area contributed by atoms with Crippen LogP contribution in [0.4, 0.5) is 0 Å². The van der Waals surface area contributed by atoms with Crippen molar-refractivity contribution >= 4 is 27.7 Å². The molecule has 0 aliphatic carbocycles. The second-order valence-electron chi connectivity index (χ2n) is 12.1. The number of hydrogen-bond donors (Lipinski definition) is 1. The molecule has 0 saturated heterocycles. The molecule has 208 valence electrons. The summed E-state index contributed by atoms with van der Waals surface area (Å²) >= 11 is 3.60. The van der Waals surface area contributed by atoms with Gasteiger partial charge in [0.1, 0.15) is 11.8 Å². The van der Waals surface area contributed by atoms with Crippen LogP contribution in [0.15, 0.2) is 77.3 Å². The van der Waals surface area contributed by atoms with E-state index < -0.39 is 11.6 Å². The number of ether oxygens (including phenoxy) is 1. The van der Waals surface area contributed by atoms with Gasteiger partial charge in [0.2, 0.25) is 5.91 Å². The largest absolute Gasteiger partial charge is 0.483 e. The Bertz CT molecular complexity index is 1260. The number of rotatable bonds is 9. The lowest BCUT2D eigenvalue weighted by Crippen LogP contribution is -2.55. The molecule has 0 spiro atoms.